The van der Waals surface area contributed by atoms with Crippen LogP contribution in [0.3, 0.4) is 0 Å². The fourth-order valence-electron chi connectivity index (χ4n) is 3.22. The van der Waals surface area contributed by atoms with Gasteiger partial charge in [-0.25, -0.2) is 0 Å². The molecule has 1 heterocycles. The Morgan fingerprint density at radius 3 is 2.53 bits per heavy atom. The van der Waals surface area contributed by atoms with E-state index >= 15 is 0 Å². The maximum Gasteiger partial charge on any atom is 0.149 e. The summed E-state index contributed by atoms with van der Waals surface area (Å²) < 4.78 is 5.56. The topological polar surface area (TPSA) is 29.5 Å². The molecule has 1 saturated carbocycles. The highest BCUT2D eigenvalue weighted by atomic mass is 16.5. The second-order valence-corrected chi connectivity index (χ2v) is 5.65. The van der Waals surface area contributed by atoms with Crippen LogP contribution in [0.25, 0.3) is 0 Å². The first-order valence-corrected chi connectivity index (χ1v) is 7.03. The van der Waals surface area contributed by atoms with Gasteiger partial charge in [0.1, 0.15) is 5.78 Å². The number of hydrogen-bond acceptors (Lipinski definition) is 3. The number of Topliss-reactive ketones (excluding diaryl/α,β-unsaturated/α-hetero) is 1. The lowest BCUT2D eigenvalue weighted by Crippen LogP contribution is -2.41. The number of ether oxygens (including phenoxy) is 1. The van der Waals surface area contributed by atoms with Crippen LogP contribution < -0.4 is 0 Å². The van der Waals surface area contributed by atoms with E-state index in [0.717, 1.165) is 25.9 Å². The Morgan fingerprint density at radius 1 is 1.24 bits per heavy atom. The van der Waals surface area contributed by atoms with Crippen LogP contribution >= 0.6 is 0 Å². The number of hydrogen-bond donors (Lipinski definition) is 0. The number of ketones is 1. The second kappa shape index (κ2) is 5.96. The molecule has 0 radical (unpaired) electrons. The predicted molar refractivity (Wildman–Crippen MR) is 68.0 cm³/mol. The Morgan fingerprint density at radius 2 is 1.94 bits per heavy atom. The number of nitrogens with zero attached hydrogens (tertiary/aromatic N) is 1. The number of carbonyl (C=O) groups excluding carboxylic acids is 1. The van der Waals surface area contributed by atoms with Crippen molar-refractivity contribution in [1.82, 2.24) is 4.90 Å². The Kier molecular flexibility index (Phi) is 4.57. The van der Waals surface area contributed by atoms with Crippen LogP contribution in [0.5, 0.6) is 0 Å². The highest BCUT2D eigenvalue weighted by molar-refractivity contribution is 5.83. The van der Waals surface area contributed by atoms with E-state index < -0.39 is 0 Å². The van der Waals surface area contributed by atoms with E-state index in [1.807, 2.05) is 0 Å². The molecule has 3 nitrogen and oxygen atoms in total. The first kappa shape index (κ1) is 13.0. The Bertz CT molecular complexity index is 261. The van der Waals surface area contributed by atoms with Gasteiger partial charge in [0.2, 0.25) is 0 Å². The van der Waals surface area contributed by atoms with Gasteiger partial charge in [-0.3, -0.25) is 9.69 Å². The summed E-state index contributed by atoms with van der Waals surface area (Å²) in [6.45, 7) is 3.57. The summed E-state index contributed by atoms with van der Waals surface area (Å²) >= 11 is 0. The number of carbonyl (C=O) groups is 1. The molecule has 1 aliphatic heterocycles. The molecule has 2 atom stereocenters. The van der Waals surface area contributed by atoms with Crippen LogP contribution in [0.4, 0.5) is 0 Å². The molecule has 0 amide bonds. The summed E-state index contributed by atoms with van der Waals surface area (Å²) in [4.78, 5) is 14.4. The van der Waals surface area contributed by atoms with Crippen molar-refractivity contribution in [3.8, 4) is 0 Å². The summed E-state index contributed by atoms with van der Waals surface area (Å²) in [7, 11) is 2.07. The van der Waals surface area contributed by atoms with Crippen LogP contribution in [0, 0.1) is 5.92 Å². The lowest BCUT2D eigenvalue weighted by atomic mass is 9.86. The SMILES string of the molecule is CC1OCCC1N(C)CC(=O)C1CCCCC1. The summed E-state index contributed by atoms with van der Waals surface area (Å²) in [6.07, 6.45) is 7.36. The van der Waals surface area contributed by atoms with Gasteiger partial charge in [0.05, 0.1) is 12.6 Å². The zero-order valence-corrected chi connectivity index (χ0v) is 11.2. The van der Waals surface area contributed by atoms with Gasteiger partial charge < -0.3 is 4.74 Å². The molecule has 2 unspecified atom stereocenters. The number of likely N-dealkylation sites (N-methyl/N-ethyl adjacent to an activating group) is 1. The Labute approximate surface area is 105 Å². The van der Waals surface area contributed by atoms with Crippen LogP contribution in [0.1, 0.15) is 45.4 Å². The molecule has 2 fully saturated rings. The van der Waals surface area contributed by atoms with Gasteiger partial charge in [0, 0.05) is 18.6 Å². The van der Waals surface area contributed by atoms with Crippen molar-refractivity contribution in [3.63, 3.8) is 0 Å². The van der Waals surface area contributed by atoms with Crippen molar-refractivity contribution in [2.45, 2.75) is 57.6 Å². The average molecular weight is 239 g/mol. The third-order valence-electron chi connectivity index (χ3n) is 4.37. The number of rotatable bonds is 4. The van der Waals surface area contributed by atoms with E-state index in [1.165, 1.54) is 19.3 Å². The maximum atomic E-state index is 12.2. The third-order valence-corrected chi connectivity index (χ3v) is 4.37. The summed E-state index contributed by atoms with van der Waals surface area (Å²) in [5.74, 6) is 0.787. The Hall–Kier alpha value is -0.410. The van der Waals surface area contributed by atoms with Gasteiger partial charge in [-0.15, -0.1) is 0 Å². The van der Waals surface area contributed by atoms with Crippen molar-refractivity contribution >= 4 is 5.78 Å². The van der Waals surface area contributed by atoms with Crippen molar-refractivity contribution in [1.29, 1.82) is 0 Å². The molecule has 1 saturated heterocycles. The molecule has 17 heavy (non-hydrogen) atoms. The summed E-state index contributed by atoms with van der Waals surface area (Å²) in [5, 5.41) is 0. The first-order valence-electron chi connectivity index (χ1n) is 7.03. The molecule has 1 aliphatic carbocycles. The molecule has 0 aromatic carbocycles. The molecule has 2 rings (SSSR count). The molecular formula is C14H25NO2. The van der Waals surface area contributed by atoms with Crippen molar-refractivity contribution in [3.05, 3.63) is 0 Å². The molecular weight excluding hydrogens is 214 g/mol. The van der Waals surface area contributed by atoms with Crippen LogP contribution in [0.2, 0.25) is 0 Å². The van der Waals surface area contributed by atoms with E-state index in [4.69, 9.17) is 4.74 Å². The predicted octanol–water partition coefficient (Wildman–Crippen LogP) is 2.25. The van der Waals surface area contributed by atoms with E-state index in [2.05, 4.69) is 18.9 Å². The lowest BCUT2D eigenvalue weighted by molar-refractivity contribution is -0.125. The highest BCUT2D eigenvalue weighted by Gasteiger charge is 2.30. The first-order chi connectivity index (χ1) is 8.18. The van der Waals surface area contributed by atoms with E-state index in [1.54, 1.807) is 0 Å². The minimum absolute atomic E-state index is 0.277. The van der Waals surface area contributed by atoms with Gasteiger partial charge in [-0.2, -0.15) is 0 Å². The highest BCUT2D eigenvalue weighted by Crippen LogP contribution is 2.25. The van der Waals surface area contributed by atoms with Crippen LogP contribution in [-0.4, -0.2) is 43.0 Å². The molecule has 0 aromatic heterocycles. The van der Waals surface area contributed by atoms with Crippen molar-refractivity contribution in [2.75, 3.05) is 20.2 Å². The van der Waals surface area contributed by atoms with Gasteiger partial charge in [-0.05, 0) is 33.2 Å². The van der Waals surface area contributed by atoms with Crippen LogP contribution in [0.15, 0.2) is 0 Å². The molecule has 0 N–H and O–H groups in total. The summed E-state index contributed by atoms with van der Waals surface area (Å²) in [6, 6.07) is 0.433. The van der Waals surface area contributed by atoms with Gasteiger partial charge in [0.25, 0.3) is 0 Å². The molecule has 0 aromatic rings. The Balaban J connectivity index is 1.80. The molecule has 98 valence electrons. The van der Waals surface area contributed by atoms with E-state index in [0.29, 0.717) is 24.3 Å². The standard InChI is InChI=1S/C14H25NO2/c1-11-13(8-9-17-11)15(2)10-14(16)12-6-4-3-5-7-12/h11-13H,3-10H2,1-2H3. The van der Waals surface area contributed by atoms with E-state index in [-0.39, 0.29) is 6.10 Å². The fourth-order valence-corrected chi connectivity index (χ4v) is 3.22. The quantitative estimate of drug-likeness (QED) is 0.753. The smallest absolute Gasteiger partial charge is 0.149 e. The molecule has 0 spiro atoms. The van der Waals surface area contributed by atoms with Crippen molar-refractivity contribution < 1.29 is 9.53 Å². The third kappa shape index (κ3) is 3.29. The van der Waals surface area contributed by atoms with E-state index in [9.17, 15) is 4.79 Å². The van der Waals surface area contributed by atoms with Crippen molar-refractivity contribution in [2.24, 2.45) is 5.92 Å². The maximum absolute atomic E-state index is 12.2. The zero-order valence-electron chi connectivity index (χ0n) is 11.2. The monoisotopic (exact) mass is 239 g/mol. The zero-order chi connectivity index (χ0) is 12.3. The average Bonchev–Trinajstić information content (AvgIpc) is 2.76. The van der Waals surface area contributed by atoms with Gasteiger partial charge in [-0.1, -0.05) is 19.3 Å². The largest absolute Gasteiger partial charge is 0.377 e. The minimum Gasteiger partial charge on any atom is -0.377 e. The second-order valence-electron chi connectivity index (χ2n) is 5.65. The van der Waals surface area contributed by atoms with Gasteiger partial charge in [0.15, 0.2) is 0 Å². The lowest BCUT2D eigenvalue weighted by Gasteiger charge is -2.28. The fraction of sp³-hybridized carbons (Fsp3) is 0.929. The minimum atomic E-state index is 0.277. The normalized spacial score (nSPS) is 31.0. The molecule has 3 heteroatoms. The van der Waals surface area contributed by atoms with Gasteiger partial charge >= 0.3 is 0 Å². The van der Waals surface area contributed by atoms with Crippen LogP contribution in [-0.2, 0) is 9.53 Å². The molecule has 2 aliphatic rings. The molecule has 0 bridgehead atoms. The summed E-state index contributed by atoms with van der Waals surface area (Å²) in [5.41, 5.74) is 0.